The molecule has 0 aromatic rings. The van der Waals surface area contributed by atoms with Gasteiger partial charge in [-0.2, -0.15) is 0 Å². The van der Waals surface area contributed by atoms with Crippen molar-refractivity contribution in [3.63, 3.8) is 0 Å². The minimum Gasteiger partial charge on any atom is -0.375 e. The SMILES string of the molecule is CCC1(C)CC(NCCN2CCC(C)CC2)CCO1. The molecule has 2 saturated heterocycles. The zero-order valence-electron chi connectivity index (χ0n) is 13.1. The maximum atomic E-state index is 5.90. The van der Waals surface area contributed by atoms with E-state index >= 15 is 0 Å². The first kappa shape index (κ1) is 15.3. The van der Waals surface area contributed by atoms with Crippen molar-refractivity contribution in [2.45, 2.75) is 64.5 Å². The second-order valence-corrected chi connectivity index (χ2v) is 6.82. The first-order valence-electron chi connectivity index (χ1n) is 8.21. The number of nitrogens with one attached hydrogen (secondary N) is 1. The van der Waals surface area contributed by atoms with Crippen LogP contribution in [0.2, 0.25) is 0 Å². The molecular formula is C16H32N2O. The number of piperidine rings is 1. The van der Waals surface area contributed by atoms with E-state index in [1.807, 2.05) is 0 Å². The lowest BCUT2D eigenvalue weighted by atomic mass is 9.90. The van der Waals surface area contributed by atoms with Gasteiger partial charge in [-0.15, -0.1) is 0 Å². The van der Waals surface area contributed by atoms with E-state index in [-0.39, 0.29) is 5.60 Å². The van der Waals surface area contributed by atoms with Crippen molar-refractivity contribution in [1.82, 2.24) is 10.2 Å². The third-order valence-corrected chi connectivity index (χ3v) is 5.08. The monoisotopic (exact) mass is 268 g/mol. The van der Waals surface area contributed by atoms with Crippen molar-refractivity contribution in [2.75, 3.05) is 32.8 Å². The van der Waals surface area contributed by atoms with Gasteiger partial charge in [0.1, 0.15) is 0 Å². The fourth-order valence-corrected chi connectivity index (χ4v) is 3.26. The highest BCUT2D eigenvalue weighted by molar-refractivity contribution is 4.85. The predicted molar refractivity (Wildman–Crippen MR) is 80.5 cm³/mol. The van der Waals surface area contributed by atoms with Crippen LogP contribution in [0, 0.1) is 5.92 Å². The molecule has 3 nitrogen and oxygen atoms in total. The first-order valence-corrected chi connectivity index (χ1v) is 8.21. The van der Waals surface area contributed by atoms with Crippen molar-refractivity contribution in [1.29, 1.82) is 0 Å². The zero-order chi connectivity index (χ0) is 13.7. The zero-order valence-corrected chi connectivity index (χ0v) is 13.1. The van der Waals surface area contributed by atoms with Crippen LogP contribution in [0.25, 0.3) is 0 Å². The van der Waals surface area contributed by atoms with Crippen molar-refractivity contribution >= 4 is 0 Å². The molecule has 0 aromatic heterocycles. The topological polar surface area (TPSA) is 24.5 Å². The van der Waals surface area contributed by atoms with Gasteiger partial charge in [-0.3, -0.25) is 0 Å². The minimum atomic E-state index is 0.108. The molecule has 0 spiro atoms. The van der Waals surface area contributed by atoms with Gasteiger partial charge in [0.15, 0.2) is 0 Å². The molecule has 0 radical (unpaired) electrons. The van der Waals surface area contributed by atoms with Crippen LogP contribution < -0.4 is 5.32 Å². The van der Waals surface area contributed by atoms with Gasteiger partial charge in [0, 0.05) is 25.7 Å². The van der Waals surface area contributed by atoms with Crippen LogP contribution in [-0.2, 0) is 4.74 Å². The Morgan fingerprint density at radius 1 is 1.26 bits per heavy atom. The molecule has 0 bridgehead atoms. The summed E-state index contributed by atoms with van der Waals surface area (Å²) in [5.41, 5.74) is 0.108. The summed E-state index contributed by atoms with van der Waals surface area (Å²) in [6.07, 6.45) is 6.22. The molecule has 0 aromatic carbocycles. The summed E-state index contributed by atoms with van der Waals surface area (Å²) in [5.74, 6) is 0.935. The minimum absolute atomic E-state index is 0.108. The summed E-state index contributed by atoms with van der Waals surface area (Å²) in [6.45, 7) is 12.7. The van der Waals surface area contributed by atoms with Crippen LogP contribution in [0.1, 0.15) is 52.9 Å². The molecule has 0 aliphatic carbocycles. The summed E-state index contributed by atoms with van der Waals surface area (Å²) < 4.78 is 5.90. The smallest absolute Gasteiger partial charge is 0.0666 e. The van der Waals surface area contributed by atoms with E-state index in [4.69, 9.17) is 4.74 Å². The van der Waals surface area contributed by atoms with Crippen molar-refractivity contribution < 1.29 is 4.74 Å². The lowest BCUT2D eigenvalue weighted by Crippen LogP contribution is -2.47. The Morgan fingerprint density at radius 2 is 2.00 bits per heavy atom. The normalized spacial score (nSPS) is 34.6. The van der Waals surface area contributed by atoms with Crippen LogP contribution in [-0.4, -0.2) is 49.3 Å². The fourth-order valence-electron chi connectivity index (χ4n) is 3.26. The van der Waals surface area contributed by atoms with Gasteiger partial charge in [0.05, 0.1) is 5.60 Å². The molecule has 2 unspecified atom stereocenters. The lowest BCUT2D eigenvalue weighted by Gasteiger charge is -2.38. The predicted octanol–water partition coefficient (Wildman–Crippen LogP) is 2.66. The highest BCUT2D eigenvalue weighted by atomic mass is 16.5. The van der Waals surface area contributed by atoms with Gasteiger partial charge in [-0.05, 0) is 58.0 Å². The average Bonchev–Trinajstić information content (AvgIpc) is 2.41. The molecule has 19 heavy (non-hydrogen) atoms. The van der Waals surface area contributed by atoms with Gasteiger partial charge < -0.3 is 15.0 Å². The van der Waals surface area contributed by atoms with Crippen LogP contribution >= 0.6 is 0 Å². The maximum Gasteiger partial charge on any atom is 0.0666 e. The Hall–Kier alpha value is -0.120. The molecule has 2 atom stereocenters. The lowest BCUT2D eigenvalue weighted by molar-refractivity contribution is -0.0780. The Balaban J connectivity index is 1.63. The van der Waals surface area contributed by atoms with Gasteiger partial charge >= 0.3 is 0 Å². The van der Waals surface area contributed by atoms with E-state index in [0.29, 0.717) is 6.04 Å². The molecule has 0 saturated carbocycles. The summed E-state index contributed by atoms with van der Waals surface area (Å²) in [7, 11) is 0. The fraction of sp³-hybridized carbons (Fsp3) is 1.00. The quantitative estimate of drug-likeness (QED) is 0.829. The molecule has 0 amide bonds. The summed E-state index contributed by atoms with van der Waals surface area (Å²) in [4.78, 5) is 2.62. The van der Waals surface area contributed by atoms with E-state index in [0.717, 1.165) is 25.5 Å². The van der Waals surface area contributed by atoms with Crippen LogP contribution in [0.5, 0.6) is 0 Å². The Morgan fingerprint density at radius 3 is 2.68 bits per heavy atom. The number of likely N-dealkylation sites (tertiary alicyclic amines) is 1. The third-order valence-electron chi connectivity index (χ3n) is 5.08. The van der Waals surface area contributed by atoms with E-state index in [1.165, 1.54) is 45.3 Å². The van der Waals surface area contributed by atoms with Gasteiger partial charge in [-0.1, -0.05) is 13.8 Å². The van der Waals surface area contributed by atoms with Gasteiger partial charge in [0.2, 0.25) is 0 Å². The molecule has 2 aliphatic heterocycles. The Labute approximate surface area is 119 Å². The number of rotatable bonds is 5. The largest absolute Gasteiger partial charge is 0.375 e. The number of nitrogens with zero attached hydrogens (tertiary/aromatic N) is 1. The second-order valence-electron chi connectivity index (χ2n) is 6.82. The van der Waals surface area contributed by atoms with E-state index in [1.54, 1.807) is 0 Å². The summed E-state index contributed by atoms with van der Waals surface area (Å²) in [6, 6.07) is 0.655. The van der Waals surface area contributed by atoms with E-state index in [2.05, 4.69) is 31.0 Å². The van der Waals surface area contributed by atoms with E-state index in [9.17, 15) is 0 Å². The van der Waals surface area contributed by atoms with E-state index < -0.39 is 0 Å². The molecule has 3 heteroatoms. The van der Waals surface area contributed by atoms with Crippen molar-refractivity contribution in [3.8, 4) is 0 Å². The number of ether oxygens (including phenoxy) is 1. The summed E-state index contributed by atoms with van der Waals surface area (Å²) >= 11 is 0. The highest BCUT2D eigenvalue weighted by Crippen LogP contribution is 2.27. The summed E-state index contributed by atoms with van der Waals surface area (Å²) in [5, 5.41) is 3.75. The standard InChI is InChI=1S/C16H32N2O/c1-4-16(3)13-15(7-12-19-16)17-8-11-18-9-5-14(2)6-10-18/h14-15,17H,4-13H2,1-3H3. The second kappa shape index (κ2) is 7.05. The van der Waals surface area contributed by atoms with Gasteiger partial charge in [0.25, 0.3) is 0 Å². The number of hydrogen-bond donors (Lipinski definition) is 1. The average molecular weight is 268 g/mol. The van der Waals surface area contributed by atoms with Crippen molar-refractivity contribution in [3.05, 3.63) is 0 Å². The van der Waals surface area contributed by atoms with Crippen molar-refractivity contribution in [2.24, 2.45) is 5.92 Å². The van der Waals surface area contributed by atoms with Gasteiger partial charge in [-0.25, -0.2) is 0 Å². The molecule has 2 rings (SSSR count). The molecule has 1 N–H and O–H groups in total. The first-order chi connectivity index (χ1) is 9.11. The highest BCUT2D eigenvalue weighted by Gasteiger charge is 2.31. The third kappa shape index (κ3) is 4.73. The van der Waals surface area contributed by atoms with Crippen LogP contribution in [0.15, 0.2) is 0 Å². The molecule has 112 valence electrons. The molecule has 2 aliphatic rings. The molecule has 2 fully saturated rings. The maximum absolute atomic E-state index is 5.90. The molecule has 2 heterocycles. The number of hydrogen-bond acceptors (Lipinski definition) is 3. The van der Waals surface area contributed by atoms with Crippen LogP contribution in [0.3, 0.4) is 0 Å². The Bertz CT molecular complexity index is 263. The van der Waals surface area contributed by atoms with Crippen LogP contribution in [0.4, 0.5) is 0 Å². The molecular weight excluding hydrogens is 236 g/mol. The Kier molecular flexibility index (Phi) is 5.67.